The third kappa shape index (κ3) is 6.78. The normalized spacial score (nSPS) is 26.9. The van der Waals surface area contributed by atoms with Gasteiger partial charge in [-0.2, -0.15) is 0 Å². The van der Waals surface area contributed by atoms with Crippen molar-refractivity contribution in [2.45, 2.75) is 70.6 Å². The minimum Gasteiger partial charge on any atom is -0.380 e. The van der Waals surface area contributed by atoms with Crippen LogP contribution >= 0.6 is 12.2 Å². The third-order valence-corrected chi connectivity index (χ3v) is 6.92. The van der Waals surface area contributed by atoms with Crippen LogP contribution in [0.3, 0.4) is 0 Å². The van der Waals surface area contributed by atoms with Crippen molar-refractivity contribution in [3.05, 3.63) is 35.6 Å². The standard InChI is InChI=1S/C24H38N2S/c1-26(16-15-25-19-27)23-14-8-13-21(17-23)24-18-22(24)12-7-3-6-11-20-9-4-2-5-10-20/h4,9-10,14,19,21-22,24H,2-3,5-8,11-13,15-18H2,1H3,(H,25,27)/t21?,22-,24-/m0/s1. The van der Waals surface area contributed by atoms with Crippen molar-refractivity contribution >= 4 is 17.7 Å². The van der Waals surface area contributed by atoms with Crippen LogP contribution in [0.25, 0.3) is 0 Å². The van der Waals surface area contributed by atoms with Crippen LogP contribution in [0.1, 0.15) is 70.6 Å². The number of hydrogen-bond donors (Lipinski definition) is 1. The van der Waals surface area contributed by atoms with E-state index >= 15 is 0 Å². The Kier molecular flexibility index (Phi) is 8.44. The first-order valence-corrected chi connectivity index (χ1v) is 11.7. The maximum Gasteiger partial charge on any atom is 0.0615 e. The van der Waals surface area contributed by atoms with E-state index in [4.69, 9.17) is 12.2 Å². The molecule has 0 aromatic rings. The zero-order chi connectivity index (χ0) is 18.9. The molecule has 3 atom stereocenters. The van der Waals surface area contributed by atoms with Crippen molar-refractivity contribution in [3.8, 4) is 0 Å². The van der Waals surface area contributed by atoms with Gasteiger partial charge in [-0.25, -0.2) is 0 Å². The summed E-state index contributed by atoms with van der Waals surface area (Å²) in [4.78, 5) is 2.43. The van der Waals surface area contributed by atoms with E-state index in [2.05, 4.69) is 41.6 Å². The van der Waals surface area contributed by atoms with Crippen LogP contribution in [0.4, 0.5) is 0 Å². The van der Waals surface area contributed by atoms with E-state index in [1.807, 2.05) is 0 Å². The number of unbranched alkanes of at least 4 members (excludes halogenated alkanes) is 2. The van der Waals surface area contributed by atoms with Gasteiger partial charge in [-0.3, -0.25) is 0 Å². The van der Waals surface area contributed by atoms with Crippen LogP contribution < -0.4 is 5.32 Å². The molecule has 0 aromatic carbocycles. The molecule has 0 radical (unpaired) electrons. The third-order valence-electron chi connectivity index (χ3n) is 6.75. The molecule has 3 aliphatic carbocycles. The summed E-state index contributed by atoms with van der Waals surface area (Å²) < 4.78 is 0. The molecule has 0 bridgehead atoms. The highest BCUT2D eigenvalue weighted by Gasteiger charge is 2.42. The van der Waals surface area contributed by atoms with Crippen LogP contribution in [-0.4, -0.2) is 30.5 Å². The molecule has 1 unspecified atom stereocenters. The smallest absolute Gasteiger partial charge is 0.0615 e. The molecule has 3 aliphatic rings. The average molecular weight is 387 g/mol. The number of hydrogen-bond acceptors (Lipinski definition) is 2. The van der Waals surface area contributed by atoms with Gasteiger partial charge in [0.25, 0.3) is 0 Å². The molecule has 0 amide bonds. The quantitative estimate of drug-likeness (QED) is 0.326. The van der Waals surface area contributed by atoms with Crippen molar-refractivity contribution < 1.29 is 0 Å². The number of allylic oxidation sites excluding steroid dienone is 6. The van der Waals surface area contributed by atoms with E-state index in [0.717, 1.165) is 30.8 Å². The fraction of sp³-hybridized carbons (Fsp3) is 0.708. The first-order valence-electron chi connectivity index (χ1n) is 11.2. The highest BCUT2D eigenvalue weighted by atomic mass is 32.1. The van der Waals surface area contributed by atoms with Crippen LogP contribution in [0.5, 0.6) is 0 Å². The fourth-order valence-electron chi connectivity index (χ4n) is 4.98. The van der Waals surface area contributed by atoms with Crippen molar-refractivity contribution in [1.82, 2.24) is 10.2 Å². The molecule has 27 heavy (non-hydrogen) atoms. The minimum absolute atomic E-state index is 0.938. The van der Waals surface area contributed by atoms with Crippen LogP contribution in [0.15, 0.2) is 35.6 Å². The lowest BCUT2D eigenvalue weighted by Gasteiger charge is -2.30. The summed E-state index contributed by atoms with van der Waals surface area (Å²) in [6, 6.07) is 0. The number of rotatable bonds is 12. The summed E-state index contributed by atoms with van der Waals surface area (Å²) in [6.07, 6.45) is 24.6. The summed E-state index contributed by atoms with van der Waals surface area (Å²) in [7, 11) is 2.24. The van der Waals surface area contributed by atoms with Gasteiger partial charge in [0.2, 0.25) is 0 Å². The van der Waals surface area contributed by atoms with Gasteiger partial charge in [0.1, 0.15) is 0 Å². The molecular weight excluding hydrogens is 348 g/mol. The van der Waals surface area contributed by atoms with Gasteiger partial charge in [-0.05, 0) is 69.1 Å². The van der Waals surface area contributed by atoms with E-state index in [-0.39, 0.29) is 0 Å². The number of likely N-dealkylation sites (N-methyl/N-ethyl adjacent to an activating group) is 1. The summed E-state index contributed by atoms with van der Waals surface area (Å²) in [6.45, 7) is 1.99. The molecule has 3 rings (SSSR count). The van der Waals surface area contributed by atoms with Crippen LogP contribution in [0, 0.1) is 17.8 Å². The number of thiocarbonyl (C=S) groups is 1. The Morgan fingerprint density at radius 3 is 2.93 bits per heavy atom. The van der Waals surface area contributed by atoms with Gasteiger partial charge in [0, 0.05) is 25.8 Å². The van der Waals surface area contributed by atoms with E-state index < -0.39 is 0 Å². The second-order valence-corrected chi connectivity index (χ2v) is 8.98. The Balaban J connectivity index is 1.28. The largest absolute Gasteiger partial charge is 0.380 e. The molecule has 1 saturated carbocycles. The zero-order valence-corrected chi connectivity index (χ0v) is 18.0. The molecule has 0 aromatic heterocycles. The maximum atomic E-state index is 4.84. The topological polar surface area (TPSA) is 15.3 Å². The van der Waals surface area contributed by atoms with E-state index in [1.54, 1.807) is 16.8 Å². The van der Waals surface area contributed by atoms with Gasteiger partial charge >= 0.3 is 0 Å². The van der Waals surface area contributed by atoms with Gasteiger partial charge in [-0.15, -0.1) is 0 Å². The lowest BCUT2D eigenvalue weighted by molar-refractivity contribution is 0.315. The van der Waals surface area contributed by atoms with Crippen molar-refractivity contribution in [2.75, 3.05) is 20.1 Å². The monoisotopic (exact) mass is 386 g/mol. The van der Waals surface area contributed by atoms with Crippen molar-refractivity contribution in [2.24, 2.45) is 17.8 Å². The summed E-state index contributed by atoms with van der Waals surface area (Å²) >= 11 is 4.84. The predicted molar refractivity (Wildman–Crippen MR) is 121 cm³/mol. The average Bonchev–Trinajstić information content (AvgIpc) is 3.48. The minimum atomic E-state index is 0.938. The molecule has 1 fully saturated rings. The lowest BCUT2D eigenvalue weighted by Crippen LogP contribution is -2.30. The second-order valence-electron chi connectivity index (χ2n) is 8.75. The number of nitrogens with one attached hydrogen (secondary N) is 1. The molecule has 0 saturated heterocycles. The SMILES string of the molecule is CN(CCNC=S)C1=CCCC([C@@H]2C[C@@H]2CCCCCC2=CCCC=C2)C1. The fourth-order valence-corrected chi connectivity index (χ4v) is 5.09. The van der Waals surface area contributed by atoms with Crippen LogP contribution in [-0.2, 0) is 0 Å². The van der Waals surface area contributed by atoms with Crippen molar-refractivity contribution in [3.63, 3.8) is 0 Å². The Bertz CT molecular complexity index is 563. The molecular formula is C24H38N2S. The Morgan fingerprint density at radius 2 is 2.11 bits per heavy atom. The van der Waals surface area contributed by atoms with E-state index in [9.17, 15) is 0 Å². The summed E-state index contributed by atoms with van der Waals surface area (Å²) in [5, 5.41) is 3.14. The molecule has 1 N–H and O–H groups in total. The highest BCUT2D eigenvalue weighted by molar-refractivity contribution is 7.78. The first kappa shape index (κ1) is 20.6. The summed E-state index contributed by atoms with van der Waals surface area (Å²) in [5.74, 6) is 2.99. The Hall–Kier alpha value is -1.09. The Labute approximate surface area is 172 Å². The van der Waals surface area contributed by atoms with Gasteiger partial charge < -0.3 is 10.2 Å². The maximum absolute atomic E-state index is 4.84. The molecule has 0 heterocycles. The van der Waals surface area contributed by atoms with Crippen LogP contribution in [0.2, 0.25) is 0 Å². The molecule has 2 nitrogen and oxygen atoms in total. The van der Waals surface area contributed by atoms with Gasteiger partial charge in [-0.1, -0.05) is 61.4 Å². The predicted octanol–water partition coefficient (Wildman–Crippen LogP) is 6.01. The van der Waals surface area contributed by atoms with E-state index in [0.29, 0.717) is 0 Å². The molecule has 0 spiro atoms. The highest BCUT2D eigenvalue weighted by Crippen LogP contribution is 2.51. The summed E-state index contributed by atoms with van der Waals surface area (Å²) in [5.41, 5.74) is 4.78. The van der Waals surface area contributed by atoms with E-state index in [1.165, 1.54) is 70.6 Å². The molecule has 150 valence electrons. The molecule has 0 aliphatic heterocycles. The molecule has 3 heteroatoms. The number of nitrogens with zero attached hydrogens (tertiary/aromatic N) is 1. The van der Waals surface area contributed by atoms with Gasteiger partial charge in [0.05, 0.1) is 5.49 Å². The second kappa shape index (κ2) is 11.0. The first-order chi connectivity index (χ1) is 13.3. The Morgan fingerprint density at radius 1 is 1.19 bits per heavy atom. The van der Waals surface area contributed by atoms with Crippen molar-refractivity contribution in [1.29, 1.82) is 0 Å². The van der Waals surface area contributed by atoms with Gasteiger partial charge in [0.15, 0.2) is 0 Å². The lowest BCUT2D eigenvalue weighted by atomic mass is 9.86. The zero-order valence-electron chi connectivity index (χ0n) is 17.2.